The molecule has 0 fully saturated rings. The van der Waals surface area contributed by atoms with E-state index in [4.69, 9.17) is 5.73 Å². The number of nitrogens with one attached hydrogen (secondary N) is 3. The molecule has 0 spiro atoms. The molecule has 6 unspecified atom stereocenters. The lowest BCUT2D eigenvalue weighted by molar-refractivity contribution is -0.142. The second-order valence-electron chi connectivity index (χ2n) is 8.31. The van der Waals surface area contributed by atoms with E-state index in [1.165, 1.54) is 23.5 Å². The Kier molecular flexibility index (Phi) is 16.3. The number of amides is 3. The summed E-state index contributed by atoms with van der Waals surface area (Å²) in [5.74, 6) is -1.61. The molecule has 9 nitrogen and oxygen atoms in total. The summed E-state index contributed by atoms with van der Waals surface area (Å²) in [5.41, 5.74) is 6.02. The van der Waals surface area contributed by atoms with Crippen molar-refractivity contribution in [1.82, 2.24) is 16.0 Å². The van der Waals surface area contributed by atoms with E-state index in [-0.39, 0.29) is 18.3 Å². The molecule has 0 aromatic rings. The minimum absolute atomic E-state index is 0.0397. The van der Waals surface area contributed by atoms with Gasteiger partial charge in [-0.2, -0.15) is 23.5 Å². The Morgan fingerprint density at radius 2 is 1.27 bits per heavy atom. The highest BCUT2D eigenvalue weighted by Gasteiger charge is 2.32. The lowest BCUT2D eigenvalue weighted by Gasteiger charge is -2.28. The van der Waals surface area contributed by atoms with Gasteiger partial charge in [0.1, 0.15) is 18.1 Å². The van der Waals surface area contributed by atoms with Crippen LogP contribution >= 0.6 is 23.5 Å². The van der Waals surface area contributed by atoms with Crippen LogP contribution in [0.3, 0.4) is 0 Å². The summed E-state index contributed by atoms with van der Waals surface area (Å²) in [6.45, 7) is 7.52. The third-order valence-corrected chi connectivity index (χ3v) is 7.11. The number of rotatable bonds is 17. The Bertz CT molecular complexity index is 638. The SMILES string of the molecule is CCC(C)C(N)C(=O)NC(CCSC)C(=O)NC(C(=O)NC(CCSC)C(=O)O)C(C)CC. The highest BCUT2D eigenvalue weighted by atomic mass is 32.2. The molecule has 6 N–H and O–H groups in total. The van der Waals surface area contributed by atoms with E-state index in [1.54, 1.807) is 0 Å². The summed E-state index contributed by atoms with van der Waals surface area (Å²) < 4.78 is 0. The van der Waals surface area contributed by atoms with Crippen LogP contribution in [0.2, 0.25) is 0 Å². The molecule has 33 heavy (non-hydrogen) atoms. The van der Waals surface area contributed by atoms with Gasteiger partial charge < -0.3 is 26.8 Å². The van der Waals surface area contributed by atoms with E-state index >= 15 is 0 Å². The van der Waals surface area contributed by atoms with Gasteiger partial charge in [-0.25, -0.2) is 4.79 Å². The zero-order chi connectivity index (χ0) is 25.6. The van der Waals surface area contributed by atoms with Gasteiger partial charge in [-0.3, -0.25) is 14.4 Å². The predicted molar refractivity (Wildman–Crippen MR) is 136 cm³/mol. The second kappa shape index (κ2) is 17.0. The van der Waals surface area contributed by atoms with Crippen molar-refractivity contribution in [3.05, 3.63) is 0 Å². The zero-order valence-electron chi connectivity index (χ0n) is 20.7. The number of carbonyl (C=O) groups excluding carboxylic acids is 3. The van der Waals surface area contributed by atoms with Gasteiger partial charge in [-0.15, -0.1) is 0 Å². The second-order valence-corrected chi connectivity index (χ2v) is 10.3. The highest BCUT2D eigenvalue weighted by Crippen LogP contribution is 2.12. The van der Waals surface area contributed by atoms with Gasteiger partial charge in [0.15, 0.2) is 0 Å². The zero-order valence-corrected chi connectivity index (χ0v) is 22.3. The van der Waals surface area contributed by atoms with Gasteiger partial charge in [0.05, 0.1) is 6.04 Å². The van der Waals surface area contributed by atoms with Crippen molar-refractivity contribution in [2.45, 2.75) is 77.5 Å². The number of hydrogen-bond donors (Lipinski definition) is 5. The predicted octanol–water partition coefficient (Wildman–Crippen LogP) is 1.45. The maximum atomic E-state index is 13.1. The van der Waals surface area contributed by atoms with E-state index in [9.17, 15) is 24.3 Å². The first kappa shape index (κ1) is 31.5. The molecular formula is C22H42N4O5S2. The van der Waals surface area contributed by atoms with E-state index < -0.39 is 47.9 Å². The number of thioether (sulfide) groups is 2. The van der Waals surface area contributed by atoms with Gasteiger partial charge in [0.2, 0.25) is 17.7 Å². The molecule has 192 valence electrons. The van der Waals surface area contributed by atoms with Gasteiger partial charge in [0, 0.05) is 0 Å². The smallest absolute Gasteiger partial charge is 0.326 e. The van der Waals surface area contributed by atoms with Gasteiger partial charge in [0.25, 0.3) is 0 Å². The fourth-order valence-electron chi connectivity index (χ4n) is 3.00. The quantitative estimate of drug-likeness (QED) is 0.199. The normalized spacial score (nSPS) is 16.6. The van der Waals surface area contributed by atoms with Crippen molar-refractivity contribution in [2.75, 3.05) is 24.0 Å². The molecule has 11 heteroatoms. The standard InChI is InChI=1S/C22H42N4O5S2/c1-7-13(3)17(23)20(28)24-15(9-11-32-5)19(27)26-18(14(4)8-2)21(29)25-16(22(30)31)10-12-33-6/h13-18H,7-12,23H2,1-6H3,(H,24,28)(H,25,29)(H,26,27)(H,30,31). The number of carboxylic acid groups (broad SMARTS) is 1. The first-order valence-corrected chi connectivity index (χ1v) is 14.2. The molecule has 0 heterocycles. The molecule has 0 aromatic heterocycles. The first-order valence-electron chi connectivity index (χ1n) is 11.4. The topological polar surface area (TPSA) is 151 Å². The number of carboxylic acids is 1. The van der Waals surface area contributed by atoms with Crippen molar-refractivity contribution in [3.8, 4) is 0 Å². The highest BCUT2D eigenvalue weighted by molar-refractivity contribution is 7.98. The Morgan fingerprint density at radius 3 is 1.73 bits per heavy atom. The van der Waals surface area contributed by atoms with Crippen LogP contribution in [0.5, 0.6) is 0 Å². The lowest BCUT2D eigenvalue weighted by atomic mass is 9.96. The molecule has 0 aromatic carbocycles. The van der Waals surface area contributed by atoms with E-state index in [1.807, 2.05) is 40.2 Å². The molecule has 0 rings (SSSR count). The summed E-state index contributed by atoms with van der Waals surface area (Å²) in [7, 11) is 0. The molecule has 0 aliphatic heterocycles. The fourth-order valence-corrected chi connectivity index (χ4v) is 3.94. The Hall–Kier alpha value is -1.46. The first-order chi connectivity index (χ1) is 15.5. The summed E-state index contributed by atoms with van der Waals surface area (Å²) in [4.78, 5) is 50.2. The van der Waals surface area contributed by atoms with Crippen LogP contribution in [0, 0.1) is 11.8 Å². The average Bonchev–Trinajstić information content (AvgIpc) is 2.80. The van der Waals surface area contributed by atoms with Crippen molar-refractivity contribution in [1.29, 1.82) is 0 Å². The average molecular weight is 507 g/mol. The number of hydrogen-bond acceptors (Lipinski definition) is 7. The monoisotopic (exact) mass is 506 g/mol. The molecule has 0 saturated heterocycles. The molecule has 0 aliphatic rings. The maximum absolute atomic E-state index is 13.1. The summed E-state index contributed by atoms with van der Waals surface area (Å²) >= 11 is 3.03. The maximum Gasteiger partial charge on any atom is 0.326 e. The van der Waals surface area contributed by atoms with Crippen LogP contribution in [-0.4, -0.2) is 77.0 Å². The van der Waals surface area contributed by atoms with Crippen LogP contribution in [0.1, 0.15) is 53.4 Å². The molecule has 3 amide bonds. The minimum atomic E-state index is -1.12. The van der Waals surface area contributed by atoms with Crippen molar-refractivity contribution >= 4 is 47.2 Å². The Morgan fingerprint density at radius 1 is 0.788 bits per heavy atom. The van der Waals surface area contributed by atoms with Gasteiger partial charge in [-0.05, 0) is 48.7 Å². The van der Waals surface area contributed by atoms with E-state index in [0.29, 0.717) is 24.3 Å². The van der Waals surface area contributed by atoms with Crippen molar-refractivity contribution in [2.24, 2.45) is 17.6 Å². The lowest BCUT2D eigenvalue weighted by Crippen LogP contribution is -2.59. The molecule has 6 atom stereocenters. The Balaban J connectivity index is 5.50. The molecular weight excluding hydrogens is 464 g/mol. The van der Waals surface area contributed by atoms with E-state index in [0.717, 1.165) is 6.42 Å². The molecule has 0 bridgehead atoms. The third-order valence-electron chi connectivity index (χ3n) is 5.82. The number of aliphatic carboxylic acids is 1. The fraction of sp³-hybridized carbons (Fsp3) is 0.818. The number of carbonyl (C=O) groups is 4. The van der Waals surface area contributed by atoms with E-state index in [2.05, 4.69) is 16.0 Å². The largest absolute Gasteiger partial charge is 0.480 e. The Labute approximate surface area is 206 Å². The number of nitrogens with two attached hydrogens (primary N) is 1. The molecule has 0 radical (unpaired) electrons. The summed E-state index contributed by atoms with van der Waals surface area (Å²) in [5, 5.41) is 17.5. The minimum Gasteiger partial charge on any atom is -0.480 e. The van der Waals surface area contributed by atoms with Gasteiger partial charge in [-0.1, -0.05) is 40.5 Å². The van der Waals surface area contributed by atoms with Crippen LogP contribution in [0.4, 0.5) is 0 Å². The van der Waals surface area contributed by atoms with Crippen LogP contribution in [-0.2, 0) is 19.2 Å². The molecule has 0 aliphatic carbocycles. The molecule has 0 saturated carbocycles. The van der Waals surface area contributed by atoms with Crippen LogP contribution in [0.15, 0.2) is 0 Å². The summed E-state index contributed by atoms with van der Waals surface area (Å²) in [6, 6.07) is -3.53. The van der Waals surface area contributed by atoms with Gasteiger partial charge >= 0.3 is 5.97 Å². The third kappa shape index (κ3) is 11.5. The van der Waals surface area contributed by atoms with Crippen LogP contribution < -0.4 is 21.7 Å². The van der Waals surface area contributed by atoms with Crippen molar-refractivity contribution < 1.29 is 24.3 Å². The van der Waals surface area contributed by atoms with Crippen molar-refractivity contribution in [3.63, 3.8) is 0 Å². The summed E-state index contributed by atoms with van der Waals surface area (Å²) in [6.07, 6.45) is 5.75. The van der Waals surface area contributed by atoms with Crippen LogP contribution in [0.25, 0.3) is 0 Å².